The van der Waals surface area contributed by atoms with E-state index in [1.54, 1.807) is 20.1 Å². The molecule has 0 fully saturated rings. The van der Waals surface area contributed by atoms with Gasteiger partial charge in [0.1, 0.15) is 17.3 Å². The number of carbonyl (C=O) groups excluding carboxylic acids is 1. The minimum Gasteiger partial charge on any atom is -0.385 e. The Hall–Kier alpha value is -1.69. The first-order valence-corrected chi connectivity index (χ1v) is 6.54. The van der Waals surface area contributed by atoms with E-state index in [2.05, 4.69) is 27.5 Å². The number of aromatic nitrogens is 2. The third-order valence-electron chi connectivity index (χ3n) is 2.44. The van der Waals surface area contributed by atoms with Crippen LogP contribution in [-0.4, -0.2) is 42.7 Å². The first kappa shape index (κ1) is 15.4. The van der Waals surface area contributed by atoms with E-state index in [1.807, 2.05) is 0 Å². The lowest BCUT2D eigenvalue weighted by Gasteiger charge is -2.08. The molecule has 0 saturated carbocycles. The predicted molar refractivity (Wildman–Crippen MR) is 74.4 cm³/mol. The molecule has 1 rings (SSSR count). The van der Waals surface area contributed by atoms with E-state index >= 15 is 0 Å². The zero-order valence-electron chi connectivity index (χ0n) is 11.8. The van der Waals surface area contributed by atoms with Crippen LogP contribution in [0.3, 0.4) is 0 Å². The fourth-order valence-electron chi connectivity index (χ4n) is 1.54. The first-order chi connectivity index (χ1) is 9.17. The van der Waals surface area contributed by atoms with Gasteiger partial charge in [0.2, 0.25) is 0 Å². The molecule has 1 amide bonds. The van der Waals surface area contributed by atoms with Crippen LogP contribution in [0.1, 0.15) is 36.1 Å². The van der Waals surface area contributed by atoms with Gasteiger partial charge in [-0.15, -0.1) is 0 Å². The number of hydrogen-bond donors (Lipinski definition) is 2. The van der Waals surface area contributed by atoms with E-state index in [0.717, 1.165) is 19.4 Å². The Morgan fingerprint density at radius 3 is 2.84 bits per heavy atom. The highest BCUT2D eigenvalue weighted by atomic mass is 16.5. The van der Waals surface area contributed by atoms with Crippen molar-refractivity contribution in [3.63, 3.8) is 0 Å². The van der Waals surface area contributed by atoms with E-state index in [9.17, 15) is 4.79 Å². The summed E-state index contributed by atoms with van der Waals surface area (Å²) < 4.78 is 4.92. The van der Waals surface area contributed by atoms with Gasteiger partial charge in [0, 0.05) is 32.9 Å². The number of aryl methyl sites for hydroxylation is 1. The molecule has 1 aromatic heterocycles. The van der Waals surface area contributed by atoms with Crippen LogP contribution < -0.4 is 10.6 Å². The molecule has 6 heteroatoms. The maximum atomic E-state index is 11.9. The quantitative estimate of drug-likeness (QED) is 0.695. The maximum Gasteiger partial charge on any atom is 0.270 e. The highest BCUT2D eigenvalue weighted by Crippen LogP contribution is 2.06. The van der Waals surface area contributed by atoms with Crippen molar-refractivity contribution in [3.05, 3.63) is 17.6 Å². The molecule has 19 heavy (non-hydrogen) atoms. The standard InChI is InChI=1S/C13H22N4O2/c1-4-6-14-12-9-11(16-10(2)17-12)13(18)15-7-5-8-19-3/h9H,4-8H2,1-3H3,(H,15,18)(H,14,16,17). The van der Waals surface area contributed by atoms with Crippen molar-refractivity contribution < 1.29 is 9.53 Å². The van der Waals surface area contributed by atoms with Gasteiger partial charge in [-0.1, -0.05) is 6.92 Å². The summed E-state index contributed by atoms with van der Waals surface area (Å²) in [7, 11) is 1.64. The molecule has 106 valence electrons. The zero-order chi connectivity index (χ0) is 14.1. The van der Waals surface area contributed by atoms with Crippen LogP contribution >= 0.6 is 0 Å². The molecule has 2 N–H and O–H groups in total. The van der Waals surface area contributed by atoms with Crippen molar-refractivity contribution in [3.8, 4) is 0 Å². The summed E-state index contributed by atoms with van der Waals surface area (Å²) >= 11 is 0. The molecule has 0 aliphatic heterocycles. The van der Waals surface area contributed by atoms with Gasteiger partial charge < -0.3 is 15.4 Å². The first-order valence-electron chi connectivity index (χ1n) is 6.54. The van der Waals surface area contributed by atoms with E-state index < -0.39 is 0 Å². The number of carbonyl (C=O) groups is 1. The second-order valence-corrected chi connectivity index (χ2v) is 4.21. The minimum absolute atomic E-state index is 0.179. The number of anilines is 1. The maximum absolute atomic E-state index is 11.9. The Morgan fingerprint density at radius 1 is 1.37 bits per heavy atom. The van der Waals surface area contributed by atoms with Crippen LogP contribution in [-0.2, 0) is 4.74 Å². The SMILES string of the molecule is CCCNc1cc(C(=O)NCCCOC)nc(C)n1. The van der Waals surface area contributed by atoms with Gasteiger partial charge in [-0.25, -0.2) is 9.97 Å². The molecule has 0 aliphatic carbocycles. The number of hydrogen-bond acceptors (Lipinski definition) is 5. The van der Waals surface area contributed by atoms with Crippen LogP contribution in [0.15, 0.2) is 6.07 Å². The molecule has 6 nitrogen and oxygen atoms in total. The van der Waals surface area contributed by atoms with Gasteiger partial charge in [-0.3, -0.25) is 4.79 Å². The highest BCUT2D eigenvalue weighted by Gasteiger charge is 2.09. The minimum atomic E-state index is -0.179. The van der Waals surface area contributed by atoms with E-state index in [0.29, 0.717) is 30.5 Å². The molecule has 0 atom stereocenters. The monoisotopic (exact) mass is 266 g/mol. The lowest BCUT2D eigenvalue weighted by atomic mass is 10.3. The number of nitrogens with one attached hydrogen (secondary N) is 2. The summed E-state index contributed by atoms with van der Waals surface area (Å²) in [6.07, 6.45) is 1.79. The molecular formula is C13H22N4O2. The molecule has 0 aliphatic rings. The molecule has 0 unspecified atom stereocenters. The fraction of sp³-hybridized carbons (Fsp3) is 0.615. The normalized spacial score (nSPS) is 10.3. The van der Waals surface area contributed by atoms with E-state index in [1.165, 1.54) is 0 Å². The van der Waals surface area contributed by atoms with Crippen LogP contribution in [0.25, 0.3) is 0 Å². The Morgan fingerprint density at radius 2 is 2.16 bits per heavy atom. The second-order valence-electron chi connectivity index (χ2n) is 4.21. The Balaban J connectivity index is 2.60. The molecular weight excluding hydrogens is 244 g/mol. The lowest BCUT2D eigenvalue weighted by Crippen LogP contribution is -2.26. The molecule has 0 aromatic carbocycles. The lowest BCUT2D eigenvalue weighted by molar-refractivity contribution is 0.0943. The second kappa shape index (κ2) is 8.42. The predicted octanol–water partition coefficient (Wildman–Crippen LogP) is 1.37. The summed E-state index contributed by atoms with van der Waals surface area (Å²) in [5.74, 6) is 1.10. The highest BCUT2D eigenvalue weighted by molar-refractivity contribution is 5.92. The van der Waals surface area contributed by atoms with Crippen LogP contribution in [0.4, 0.5) is 5.82 Å². The number of methoxy groups -OCH3 is 1. The van der Waals surface area contributed by atoms with Crippen molar-refractivity contribution in [1.29, 1.82) is 0 Å². The fourth-order valence-corrected chi connectivity index (χ4v) is 1.54. The van der Waals surface area contributed by atoms with Crippen LogP contribution in [0.2, 0.25) is 0 Å². The van der Waals surface area contributed by atoms with Crippen LogP contribution in [0, 0.1) is 6.92 Å². The average Bonchev–Trinajstić information content (AvgIpc) is 2.40. The summed E-state index contributed by atoms with van der Waals surface area (Å²) in [5.41, 5.74) is 0.392. The Bertz CT molecular complexity index is 410. The third kappa shape index (κ3) is 5.65. The van der Waals surface area contributed by atoms with Crippen molar-refractivity contribution in [2.75, 3.05) is 32.1 Å². The number of ether oxygens (including phenoxy) is 1. The molecule has 0 radical (unpaired) electrons. The summed E-state index contributed by atoms with van der Waals surface area (Å²) in [6.45, 7) is 5.88. The van der Waals surface area contributed by atoms with Crippen molar-refractivity contribution >= 4 is 11.7 Å². The van der Waals surface area contributed by atoms with Gasteiger partial charge in [0.05, 0.1) is 0 Å². The third-order valence-corrected chi connectivity index (χ3v) is 2.44. The van der Waals surface area contributed by atoms with Gasteiger partial charge in [-0.2, -0.15) is 0 Å². The number of nitrogens with zero attached hydrogens (tertiary/aromatic N) is 2. The number of amides is 1. The van der Waals surface area contributed by atoms with Gasteiger partial charge in [0.15, 0.2) is 0 Å². The van der Waals surface area contributed by atoms with Gasteiger partial charge in [0.25, 0.3) is 5.91 Å². The Kier molecular flexibility index (Phi) is 6.81. The molecule has 0 bridgehead atoms. The van der Waals surface area contributed by atoms with E-state index in [-0.39, 0.29) is 5.91 Å². The van der Waals surface area contributed by atoms with Crippen molar-refractivity contribution in [1.82, 2.24) is 15.3 Å². The molecule has 0 saturated heterocycles. The topological polar surface area (TPSA) is 76.1 Å². The molecule has 1 aromatic rings. The molecule has 0 spiro atoms. The Labute approximate surface area is 114 Å². The van der Waals surface area contributed by atoms with Gasteiger partial charge in [-0.05, 0) is 19.8 Å². The average molecular weight is 266 g/mol. The number of rotatable bonds is 8. The van der Waals surface area contributed by atoms with Crippen LogP contribution in [0.5, 0.6) is 0 Å². The largest absolute Gasteiger partial charge is 0.385 e. The summed E-state index contributed by atoms with van der Waals surface area (Å²) in [5, 5.41) is 5.96. The zero-order valence-corrected chi connectivity index (χ0v) is 11.8. The summed E-state index contributed by atoms with van der Waals surface area (Å²) in [4.78, 5) is 20.3. The van der Waals surface area contributed by atoms with Crippen molar-refractivity contribution in [2.24, 2.45) is 0 Å². The summed E-state index contributed by atoms with van der Waals surface area (Å²) in [6, 6.07) is 1.67. The van der Waals surface area contributed by atoms with E-state index in [4.69, 9.17) is 4.74 Å². The van der Waals surface area contributed by atoms with Crippen molar-refractivity contribution in [2.45, 2.75) is 26.7 Å². The van der Waals surface area contributed by atoms with Gasteiger partial charge >= 0.3 is 0 Å². The smallest absolute Gasteiger partial charge is 0.270 e. The molecule has 1 heterocycles.